The van der Waals surface area contributed by atoms with Crippen molar-refractivity contribution < 1.29 is 4.74 Å². The summed E-state index contributed by atoms with van der Waals surface area (Å²) in [5.74, 6) is 0.575. The van der Waals surface area contributed by atoms with E-state index in [0.29, 0.717) is 28.1 Å². The van der Waals surface area contributed by atoms with Crippen LogP contribution in [0.2, 0.25) is 10.0 Å². The van der Waals surface area contributed by atoms with Crippen molar-refractivity contribution in [2.75, 3.05) is 13.2 Å². The first-order valence-corrected chi connectivity index (χ1v) is 8.14. The van der Waals surface area contributed by atoms with Gasteiger partial charge in [0.2, 0.25) is 0 Å². The van der Waals surface area contributed by atoms with E-state index >= 15 is 0 Å². The van der Waals surface area contributed by atoms with Gasteiger partial charge in [-0.1, -0.05) is 36.2 Å². The number of nitrogens with one attached hydrogen (secondary N) is 1. The molecule has 1 heterocycles. The van der Waals surface area contributed by atoms with E-state index in [2.05, 4.69) is 25.2 Å². The Bertz CT molecular complexity index is 438. The average molecular weight is 316 g/mol. The topological polar surface area (TPSA) is 21.3 Å². The lowest BCUT2D eigenvalue weighted by Crippen LogP contribution is -2.39. The first-order valence-electron chi connectivity index (χ1n) is 7.39. The fraction of sp³-hybridized carbons (Fsp3) is 0.625. The Labute approximate surface area is 131 Å². The predicted molar refractivity (Wildman–Crippen MR) is 85.8 cm³/mol. The number of benzene rings is 1. The highest BCUT2D eigenvalue weighted by Crippen LogP contribution is 2.27. The van der Waals surface area contributed by atoms with Gasteiger partial charge in [0.05, 0.1) is 22.8 Å². The number of hydrogen-bond acceptors (Lipinski definition) is 2. The normalized spacial score (nSPS) is 24.0. The minimum atomic E-state index is 0.375. The molecule has 1 aromatic carbocycles. The maximum atomic E-state index is 6.11. The molecule has 1 aliphatic heterocycles. The minimum Gasteiger partial charge on any atom is -0.378 e. The number of ether oxygens (including phenoxy) is 1. The highest BCUT2D eigenvalue weighted by atomic mass is 35.5. The van der Waals surface area contributed by atoms with Gasteiger partial charge in [0.15, 0.2) is 0 Å². The molecule has 0 aromatic heterocycles. The molecule has 0 saturated carbocycles. The standard InChI is InChI=1S/C16H23Cl2NO/c1-3-6-19-16(13-7-11(2)20-10-13)9-12-4-5-14(17)15(18)8-12/h4-5,8,11,13,16,19H,3,6-7,9-10H2,1-2H3. The zero-order valence-corrected chi connectivity index (χ0v) is 13.7. The summed E-state index contributed by atoms with van der Waals surface area (Å²) in [5, 5.41) is 4.91. The maximum absolute atomic E-state index is 6.11. The van der Waals surface area contributed by atoms with Crippen LogP contribution in [-0.4, -0.2) is 25.3 Å². The number of rotatable bonds is 6. The average Bonchev–Trinajstić information content (AvgIpc) is 2.85. The van der Waals surface area contributed by atoms with Gasteiger partial charge in [-0.2, -0.15) is 0 Å². The molecule has 0 radical (unpaired) electrons. The summed E-state index contributed by atoms with van der Waals surface area (Å²) < 4.78 is 5.72. The van der Waals surface area contributed by atoms with E-state index in [1.54, 1.807) is 0 Å². The van der Waals surface area contributed by atoms with E-state index < -0.39 is 0 Å². The Morgan fingerprint density at radius 1 is 1.35 bits per heavy atom. The van der Waals surface area contributed by atoms with Crippen molar-refractivity contribution in [1.82, 2.24) is 5.32 Å². The van der Waals surface area contributed by atoms with Crippen molar-refractivity contribution in [3.63, 3.8) is 0 Å². The summed E-state index contributed by atoms with van der Waals surface area (Å²) in [6.45, 7) is 6.23. The Balaban J connectivity index is 2.04. The van der Waals surface area contributed by atoms with Crippen LogP contribution in [0.25, 0.3) is 0 Å². The van der Waals surface area contributed by atoms with Gasteiger partial charge in [-0.3, -0.25) is 0 Å². The zero-order valence-electron chi connectivity index (χ0n) is 12.2. The molecule has 1 saturated heterocycles. The molecule has 0 bridgehead atoms. The third kappa shape index (κ3) is 4.36. The van der Waals surface area contributed by atoms with E-state index in [4.69, 9.17) is 27.9 Å². The van der Waals surface area contributed by atoms with E-state index in [1.807, 2.05) is 12.1 Å². The molecule has 112 valence electrons. The van der Waals surface area contributed by atoms with Crippen LogP contribution in [0, 0.1) is 5.92 Å². The Morgan fingerprint density at radius 3 is 2.75 bits per heavy atom. The van der Waals surface area contributed by atoms with Crippen molar-refractivity contribution >= 4 is 23.2 Å². The van der Waals surface area contributed by atoms with Crippen molar-refractivity contribution in [3.05, 3.63) is 33.8 Å². The molecule has 0 aliphatic carbocycles. The van der Waals surface area contributed by atoms with Gasteiger partial charge >= 0.3 is 0 Å². The second-order valence-electron chi connectivity index (χ2n) is 5.65. The maximum Gasteiger partial charge on any atom is 0.0595 e. The van der Waals surface area contributed by atoms with Crippen LogP contribution in [0.15, 0.2) is 18.2 Å². The van der Waals surface area contributed by atoms with Gasteiger partial charge in [0.1, 0.15) is 0 Å². The minimum absolute atomic E-state index is 0.375. The smallest absolute Gasteiger partial charge is 0.0595 e. The highest BCUT2D eigenvalue weighted by molar-refractivity contribution is 6.42. The summed E-state index contributed by atoms with van der Waals surface area (Å²) in [5.41, 5.74) is 1.23. The van der Waals surface area contributed by atoms with E-state index in [-0.39, 0.29) is 0 Å². The number of halogens is 2. The Hall–Kier alpha value is -0.280. The summed E-state index contributed by atoms with van der Waals surface area (Å²) >= 11 is 12.1. The van der Waals surface area contributed by atoms with Crippen LogP contribution >= 0.6 is 23.2 Å². The van der Waals surface area contributed by atoms with Crippen molar-refractivity contribution in [3.8, 4) is 0 Å². The lowest BCUT2D eigenvalue weighted by molar-refractivity contribution is 0.117. The molecule has 20 heavy (non-hydrogen) atoms. The van der Waals surface area contributed by atoms with Gasteiger partial charge < -0.3 is 10.1 Å². The molecule has 1 aliphatic rings. The van der Waals surface area contributed by atoms with Gasteiger partial charge in [-0.15, -0.1) is 0 Å². The van der Waals surface area contributed by atoms with Gasteiger partial charge in [0, 0.05) is 12.0 Å². The Kier molecular flexibility index (Phi) is 6.16. The predicted octanol–water partition coefficient (Wildman–Crippen LogP) is 4.33. The molecule has 1 aromatic rings. The van der Waals surface area contributed by atoms with Crippen LogP contribution in [-0.2, 0) is 11.2 Å². The largest absolute Gasteiger partial charge is 0.378 e. The fourth-order valence-electron chi connectivity index (χ4n) is 2.79. The van der Waals surface area contributed by atoms with Crippen molar-refractivity contribution in [2.45, 2.75) is 45.3 Å². The number of hydrogen-bond donors (Lipinski definition) is 1. The van der Waals surface area contributed by atoms with Crippen LogP contribution in [0.4, 0.5) is 0 Å². The molecule has 3 unspecified atom stereocenters. The van der Waals surface area contributed by atoms with Gasteiger partial charge in [0.25, 0.3) is 0 Å². The lowest BCUT2D eigenvalue weighted by atomic mass is 9.91. The first kappa shape index (κ1) is 16.1. The van der Waals surface area contributed by atoms with Crippen LogP contribution in [0.5, 0.6) is 0 Å². The second kappa shape index (κ2) is 7.65. The van der Waals surface area contributed by atoms with Crippen LogP contribution < -0.4 is 5.32 Å². The third-order valence-corrected chi connectivity index (χ3v) is 4.63. The summed E-state index contributed by atoms with van der Waals surface area (Å²) in [7, 11) is 0. The van der Waals surface area contributed by atoms with E-state index in [1.165, 1.54) is 5.56 Å². The summed E-state index contributed by atoms with van der Waals surface area (Å²) in [6, 6.07) is 6.36. The third-order valence-electron chi connectivity index (χ3n) is 3.89. The monoisotopic (exact) mass is 315 g/mol. The SMILES string of the molecule is CCCNC(Cc1ccc(Cl)c(Cl)c1)C1COC(C)C1. The van der Waals surface area contributed by atoms with Crippen molar-refractivity contribution in [1.29, 1.82) is 0 Å². The fourth-order valence-corrected chi connectivity index (χ4v) is 3.11. The highest BCUT2D eigenvalue weighted by Gasteiger charge is 2.29. The van der Waals surface area contributed by atoms with Crippen LogP contribution in [0.3, 0.4) is 0 Å². The van der Waals surface area contributed by atoms with Gasteiger partial charge in [-0.25, -0.2) is 0 Å². The molecule has 1 N–H and O–H groups in total. The lowest BCUT2D eigenvalue weighted by Gasteiger charge is -2.24. The second-order valence-corrected chi connectivity index (χ2v) is 6.47. The zero-order chi connectivity index (χ0) is 14.5. The molecule has 1 fully saturated rings. The summed E-state index contributed by atoms with van der Waals surface area (Å²) in [6.07, 6.45) is 3.61. The first-order chi connectivity index (χ1) is 9.60. The molecule has 2 rings (SSSR count). The molecule has 2 nitrogen and oxygen atoms in total. The molecule has 0 spiro atoms. The summed E-state index contributed by atoms with van der Waals surface area (Å²) in [4.78, 5) is 0. The molecule has 4 heteroatoms. The molecule has 0 amide bonds. The van der Waals surface area contributed by atoms with E-state index in [9.17, 15) is 0 Å². The van der Waals surface area contributed by atoms with E-state index in [0.717, 1.165) is 32.4 Å². The molecule has 3 atom stereocenters. The Morgan fingerprint density at radius 2 is 2.15 bits per heavy atom. The molecular weight excluding hydrogens is 293 g/mol. The quantitative estimate of drug-likeness (QED) is 0.843. The van der Waals surface area contributed by atoms with Crippen molar-refractivity contribution in [2.24, 2.45) is 5.92 Å². The van der Waals surface area contributed by atoms with Crippen LogP contribution in [0.1, 0.15) is 32.3 Å². The molecular formula is C16H23Cl2NO. The van der Waals surface area contributed by atoms with Gasteiger partial charge in [-0.05, 0) is 50.4 Å².